The van der Waals surface area contributed by atoms with Crippen molar-refractivity contribution in [2.45, 2.75) is 24.9 Å². The molecule has 0 aliphatic carbocycles. The number of fused-ring (bicyclic) bond motifs is 1. The number of carbonyl (C=O) groups excluding carboxylic acids is 1. The molecule has 2 aromatic heterocycles. The maximum atomic E-state index is 12.4. The molecule has 0 saturated heterocycles. The van der Waals surface area contributed by atoms with E-state index in [1.807, 2.05) is 61.5 Å². The summed E-state index contributed by atoms with van der Waals surface area (Å²) in [6, 6.07) is 17.3. The monoisotopic (exact) mass is 420 g/mol. The second kappa shape index (κ2) is 8.91. The molecule has 0 bridgehead atoms. The van der Waals surface area contributed by atoms with Crippen LogP contribution in [0.25, 0.3) is 5.78 Å². The first kappa shape index (κ1) is 19.8. The molecular weight excluding hydrogens is 400 g/mol. The molecule has 30 heavy (non-hydrogen) atoms. The predicted octanol–water partition coefficient (Wildman–Crippen LogP) is 2.70. The van der Waals surface area contributed by atoms with Crippen LogP contribution in [0.4, 0.5) is 5.69 Å². The van der Waals surface area contributed by atoms with E-state index in [1.54, 1.807) is 0 Å². The number of thioether (sulfide) groups is 1. The first-order valence-electron chi connectivity index (χ1n) is 9.53. The Morgan fingerprint density at radius 2 is 1.87 bits per heavy atom. The number of hydrogen-bond donors (Lipinski definition) is 2. The van der Waals surface area contributed by atoms with E-state index < -0.39 is 0 Å². The zero-order valence-electron chi connectivity index (χ0n) is 16.3. The molecule has 0 atom stereocenters. The number of anilines is 1. The lowest BCUT2D eigenvalue weighted by atomic mass is 10.1. The molecule has 2 aromatic carbocycles. The minimum Gasteiger partial charge on any atom is -0.325 e. The maximum absolute atomic E-state index is 12.4. The van der Waals surface area contributed by atoms with Gasteiger partial charge in [-0.3, -0.25) is 14.6 Å². The Kier molecular flexibility index (Phi) is 5.89. The quantitative estimate of drug-likeness (QED) is 0.446. The molecule has 0 radical (unpaired) electrons. The third-order valence-electron chi connectivity index (χ3n) is 4.54. The Morgan fingerprint density at radius 1 is 1.10 bits per heavy atom. The predicted molar refractivity (Wildman–Crippen MR) is 116 cm³/mol. The molecule has 152 valence electrons. The summed E-state index contributed by atoms with van der Waals surface area (Å²) in [6.45, 7) is 2.04. The first-order chi connectivity index (χ1) is 14.6. The third kappa shape index (κ3) is 4.41. The van der Waals surface area contributed by atoms with Crippen molar-refractivity contribution in [3.8, 4) is 0 Å². The number of aromatic amines is 1. The van der Waals surface area contributed by atoms with Gasteiger partial charge < -0.3 is 5.32 Å². The van der Waals surface area contributed by atoms with Crippen molar-refractivity contribution in [1.29, 1.82) is 0 Å². The maximum Gasteiger partial charge on any atom is 0.274 e. The molecule has 8 nitrogen and oxygen atoms in total. The molecule has 4 rings (SSSR count). The summed E-state index contributed by atoms with van der Waals surface area (Å²) in [4.78, 5) is 27.4. The number of hydrogen-bond acceptors (Lipinski definition) is 6. The van der Waals surface area contributed by atoms with E-state index in [4.69, 9.17) is 0 Å². The lowest BCUT2D eigenvalue weighted by Gasteiger charge is -2.09. The van der Waals surface area contributed by atoms with E-state index >= 15 is 0 Å². The Balaban J connectivity index is 1.49. The highest BCUT2D eigenvalue weighted by atomic mass is 32.2. The molecular formula is C21H20N6O2S. The van der Waals surface area contributed by atoms with Gasteiger partial charge in [0, 0.05) is 12.1 Å². The van der Waals surface area contributed by atoms with Gasteiger partial charge >= 0.3 is 0 Å². The largest absolute Gasteiger partial charge is 0.325 e. The smallest absolute Gasteiger partial charge is 0.274 e. The molecule has 4 aromatic rings. The molecule has 0 spiro atoms. The number of aromatic nitrogens is 5. The Bertz CT molecular complexity index is 1240. The molecule has 2 heterocycles. The molecule has 9 heteroatoms. The van der Waals surface area contributed by atoms with Gasteiger partial charge in [-0.1, -0.05) is 67.2 Å². The van der Waals surface area contributed by atoms with Crippen LogP contribution in [0.2, 0.25) is 0 Å². The first-order valence-corrected chi connectivity index (χ1v) is 10.5. The fourth-order valence-corrected chi connectivity index (χ4v) is 3.72. The highest BCUT2D eigenvalue weighted by Crippen LogP contribution is 2.18. The van der Waals surface area contributed by atoms with E-state index in [9.17, 15) is 9.59 Å². The Labute approximate surface area is 176 Å². The van der Waals surface area contributed by atoms with E-state index in [2.05, 4.69) is 25.6 Å². The number of nitrogens with one attached hydrogen (secondary N) is 2. The summed E-state index contributed by atoms with van der Waals surface area (Å²) in [6.07, 6.45) is 1.22. The van der Waals surface area contributed by atoms with Gasteiger partial charge in [0.05, 0.1) is 5.75 Å². The summed E-state index contributed by atoms with van der Waals surface area (Å²) >= 11 is 1.21. The highest BCUT2D eigenvalue weighted by Gasteiger charge is 2.14. The van der Waals surface area contributed by atoms with E-state index in [1.165, 1.54) is 16.3 Å². The van der Waals surface area contributed by atoms with Crippen molar-refractivity contribution in [2.24, 2.45) is 0 Å². The third-order valence-corrected chi connectivity index (χ3v) is 5.46. The summed E-state index contributed by atoms with van der Waals surface area (Å²) < 4.78 is 1.47. The number of aryl methyl sites for hydroxylation is 1. The van der Waals surface area contributed by atoms with Gasteiger partial charge in [0.2, 0.25) is 11.1 Å². The SMILES string of the molecule is CCc1ccccc1NC(=O)CSc1nnc2[nH]c(=O)c(Cc3ccccc3)nn12. The van der Waals surface area contributed by atoms with Gasteiger partial charge in [0.15, 0.2) is 0 Å². The minimum atomic E-state index is -0.302. The lowest BCUT2D eigenvalue weighted by Crippen LogP contribution is -2.19. The minimum absolute atomic E-state index is 0.146. The van der Waals surface area contributed by atoms with Crippen LogP contribution in [0.5, 0.6) is 0 Å². The molecule has 0 fully saturated rings. The fraction of sp³-hybridized carbons (Fsp3) is 0.190. The molecule has 2 N–H and O–H groups in total. The molecule has 0 unspecified atom stereocenters. The second-order valence-corrected chi connectivity index (χ2v) is 7.57. The van der Waals surface area contributed by atoms with E-state index in [0.29, 0.717) is 17.3 Å². The number of amides is 1. The Morgan fingerprint density at radius 3 is 2.67 bits per heavy atom. The van der Waals surface area contributed by atoms with Gasteiger partial charge in [-0.2, -0.15) is 9.61 Å². The van der Waals surface area contributed by atoms with Crippen LogP contribution >= 0.6 is 11.8 Å². The zero-order valence-corrected chi connectivity index (χ0v) is 17.1. The zero-order chi connectivity index (χ0) is 20.9. The molecule has 0 saturated carbocycles. The highest BCUT2D eigenvalue weighted by molar-refractivity contribution is 7.99. The van der Waals surface area contributed by atoms with Crippen LogP contribution in [-0.2, 0) is 17.6 Å². The average Bonchev–Trinajstić information content (AvgIpc) is 3.15. The van der Waals surface area contributed by atoms with Crippen molar-refractivity contribution >= 4 is 29.1 Å². The normalized spacial score (nSPS) is 11.0. The van der Waals surface area contributed by atoms with Gasteiger partial charge in [-0.25, -0.2) is 0 Å². The Hall–Kier alpha value is -3.46. The lowest BCUT2D eigenvalue weighted by molar-refractivity contribution is -0.113. The second-order valence-electron chi connectivity index (χ2n) is 6.63. The topological polar surface area (TPSA) is 105 Å². The van der Waals surface area contributed by atoms with Crippen LogP contribution in [0.1, 0.15) is 23.7 Å². The van der Waals surface area contributed by atoms with Crippen LogP contribution in [0.3, 0.4) is 0 Å². The number of H-pyrrole nitrogens is 1. The number of carbonyl (C=O) groups is 1. The summed E-state index contributed by atoms with van der Waals surface area (Å²) in [7, 11) is 0. The van der Waals surface area contributed by atoms with Gasteiger partial charge in [0.25, 0.3) is 11.3 Å². The van der Waals surface area contributed by atoms with E-state index in [-0.39, 0.29) is 23.0 Å². The van der Waals surface area contributed by atoms with Crippen LogP contribution in [-0.4, -0.2) is 36.5 Å². The van der Waals surface area contributed by atoms with Crippen molar-refractivity contribution in [1.82, 2.24) is 24.8 Å². The standard InChI is InChI=1S/C21H20N6O2S/c1-2-15-10-6-7-11-16(15)22-18(28)13-30-21-25-24-20-23-19(29)17(26-27(20)21)12-14-8-4-3-5-9-14/h3-11H,2,12-13H2,1H3,(H,22,28)(H,23,24,29). The van der Waals surface area contributed by atoms with E-state index in [0.717, 1.165) is 23.2 Å². The van der Waals surface area contributed by atoms with Crippen molar-refractivity contribution in [3.63, 3.8) is 0 Å². The van der Waals surface area contributed by atoms with Crippen molar-refractivity contribution < 1.29 is 4.79 Å². The summed E-state index contributed by atoms with van der Waals surface area (Å²) in [5, 5.41) is 15.8. The van der Waals surface area contributed by atoms with Crippen LogP contribution < -0.4 is 10.9 Å². The molecule has 0 aliphatic rings. The number of benzene rings is 2. The average molecular weight is 420 g/mol. The number of para-hydroxylation sites is 1. The van der Waals surface area contributed by atoms with Crippen LogP contribution in [0, 0.1) is 0 Å². The van der Waals surface area contributed by atoms with Crippen LogP contribution in [0.15, 0.2) is 64.5 Å². The van der Waals surface area contributed by atoms with Gasteiger partial charge in [-0.15, -0.1) is 10.2 Å². The fourth-order valence-electron chi connectivity index (χ4n) is 3.04. The van der Waals surface area contributed by atoms with Gasteiger partial charge in [-0.05, 0) is 23.6 Å². The summed E-state index contributed by atoms with van der Waals surface area (Å²) in [5.74, 6) is 0.246. The van der Waals surface area contributed by atoms with Crippen molar-refractivity contribution in [3.05, 3.63) is 81.8 Å². The van der Waals surface area contributed by atoms with Gasteiger partial charge in [0.1, 0.15) is 5.69 Å². The molecule has 1 amide bonds. The summed E-state index contributed by atoms with van der Waals surface area (Å²) in [5.41, 5.74) is 2.92. The number of rotatable bonds is 7. The number of nitrogens with zero attached hydrogens (tertiary/aromatic N) is 4. The molecule has 0 aliphatic heterocycles. The van der Waals surface area contributed by atoms with Crippen molar-refractivity contribution in [2.75, 3.05) is 11.1 Å².